The molecule has 4 nitrogen and oxygen atoms in total. The number of rotatable bonds is 2. The van der Waals surface area contributed by atoms with Crippen LogP contribution in [0.2, 0.25) is 0 Å². The minimum atomic E-state index is 0.849. The normalized spacial score (nSPS) is 18.6. The van der Waals surface area contributed by atoms with Crippen LogP contribution < -0.4 is 11.2 Å². The van der Waals surface area contributed by atoms with Crippen molar-refractivity contribution in [3.63, 3.8) is 0 Å². The predicted octanol–water partition coefficient (Wildman–Crippen LogP) is 1.15. The number of piperazine rings is 1. The first-order valence-corrected chi connectivity index (χ1v) is 5.72. The summed E-state index contributed by atoms with van der Waals surface area (Å²) in [5, 5.41) is 2.23. The van der Waals surface area contributed by atoms with Gasteiger partial charge >= 0.3 is 0 Å². The molecule has 0 bridgehead atoms. The number of aryl methyl sites for hydroxylation is 1. The molecule has 0 unspecified atom stereocenters. The van der Waals surface area contributed by atoms with Crippen LogP contribution >= 0.6 is 0 Å². The van der Waals surface area contributed by atoms with Gasteiger partial charge < -0.3 is 16.1 Å². The SMILES string of the molecule is Cc1cccc(NN2CCN(C)CC2)c1N. The van der Waals surface area contributed by atoms with E-state index in [1.54, 1.807) is 0 Å². The molecule has 1 fully saturated rings. The summed E-state index contributed by atoms with van der Waals surface area (Å²) in [4.78, 5) is 2.33. The van der Waals surface area contributed by atoms with Gasteiger partial charge in [0.25, 0.3) is 0 Å². The van der Waals surface area contributed by atoms with E-state index in [2.05, 4.69) is 22.4 Å². The molecule has 0 amide bonds. The number of nitrogens with two attached hydrogens (primary N) is 1. The number of benzene rings is 1. The summed E-state index contributed by atoms with van der Waals surface area (Å²) < 4.78 is 0. The molecule has 3 N–H and O–H groups in total. The third kappa shape index (κ3) is 2.46. The summed E-state index contributed by atoms with van der Waals surface area (Å²) in [5.74, 6) is 0. The highest BCUT2D eigenvalue weighted by atomic mass is 15.5. The van der Waals surface area contributed by atoms with Crippen molar-refractivity contribution >= 4 is 11.4 Å². The summed E-state index contributed by atoms with van der Waals surface area (Å²) in [6.07, 6.45) is 0. The van der Waals surface area contributed by atoms with Gasteiger partial charge in [-0.05, 0) is 25.6 Å². The summed E-state index contributed by atoms with van der Waals surface area (Å²) in [6.45, 7) is 6.29. The maximum absolute atomic E-state index is 6.03. The third-order valence-electron chi connectivity index (χ3n) is 3.11. The van der Waals surface area contributed by atoms with Crippen molar-refractivity contribution in [2.45, 2.75) is 6.92 Å². The zero-order valence-electron chi connectivity index (χ0n) is 10.0. The van der Waals surface area contributed by atoms with Gasteiger partial charge in [0.05, 0.1) is 11.4 Å². The van der Waals surface area contributed by atoms with Gasteiger partial charge in [-0.25, -0.2) is 5.01 Å². The van der Waals surface area contributed by atoms with E-state index in [4.69, 9.17) is 5.73 Å². The van der Waals surface area contributed by atoms with E-state index >= 15 is 0 Å². The van der Waals surface area contributed by atoms with Gasteiger partial charge in [-0.15, -0.1) is 0 Å². The van der Waals surface area contributed by atoms with Crippen LogP contribution in [0.3, 0.4) is 0 Å². The van der Waals surface area contributed by atoms with Crippen molar-refractivity contribution in [1.82, 2.24) is 9.91 Å². The van der Waals surface area contributed by atoms with E-state index in [0.29, 0.717) is 0 Å². The Bertz CT molecular complexity index is 356. The largest absolute Gasteiger partial charge is 0.397 e. The zero-order valence-corrected chi connectivity index (χ0v) is 10.0. The molecule has 1 aliphatic rings. The van der Waals surface area contributed by atoms with Crippen LogP contribution in [0, 0.1) is 6.92 Å². The lowest BCUT2D eigenvalue weighted by Gasteiger charge is -2.33. The molecule has 0 saturated carbocycles. The van der Waals surface area contributed by atoms with Gasteiger partial charge in [0, 0.05) is 26.2 Å². The maximum Gasteiger partial charge on any atom is 0.0722 e. The molecular weight excluding hydrogens is 200 g/mol. The highest BCUT2D eigenvalue weighted by Gasteiger charge is 2.14. The van der Waals surface area contributed by atoms with Crippen LogP contribution in [-0.2, 0) is 0 Å². The monoisotopic (exact) mass is 220 g/mol. The average molecular weight is 220 g/mol. The molecule has 1 aromatic rings. The number of anilines is 2. The van der Waals surface area contributed by atoms with E-state index in [1.807, 2.05) is 25.1 Å². The highest BCUT2D eigenvalue weighted by Crippen LogP contribution is 2.22. The van der Waals surface area contributed by atoms with E-state index < -0.39 is 0 Å². The number of nitrogens with one attached hydrogen (secondary N) is 1. The van der Waals surface area contributed by atoms with Crippen molar-refractivity contribution in [2.24, 2.45) is 0 Å². The molecule has 1 aliphatic heterocycles. The van der Waals surface area contributed by atoms with Gasteiger partial charge in [0.1, 0.15) is 0 Å². The van der Waals surface area contributed by atoms with Crippen molar-refractivity contribution in [3.05, 3.63) is 23.8 Å². The Morgan fingerprint density at radius 2 is 1.88 bits per heavy atom. The Morgan fingerprint density at radius 1 is 1.19 bits per heavy atom. The van der Waals surface area contributed by atoms with Crippen molar-refractivity contribution in [2.75, 3.05) is 44.4 Å². The first kappa shape index (κ1) is 11.2. The number of hydrogen-bond acceptors (Lipinski definition) is 4. The Balaban J connectivity index is 2.01. The van der Waals surface area contributed by atoms with Gasteiger partial charge in [-0.3, -0.25) is 0 Å². The van der Waals surface area contributed by atoms with Crippen LogP contribution in [0.25, 0.3) is 0 Å². The number of nitrogen functional groups attached to an aromatic ring is 1. The molecule has 0 aliphatic carbocycles. The minimum Gasteiger partial charge on any atom is -0.397 e. The average Bonchev–Trinajstić information content (AvgIpc) is 2.28. The number of hydrazine groups is 1. The molecule has 0 atom stereocenters. The van der Waals surface area contributed by atoms with E-state index in [1.165, 1.54) is 0 Å². The molecule has 88 valence electrons. The predicted molar refractivity (Wildman–Crippen MR) is 68.3 cm³/mol. The van der Waals surface area contributed by atoms with Crippen molar-refractivity contribution in [1.29, 1.82) is 0 Å². The third-order valence-corrected chi connectivity index (χ3v) is 3.11. The fraction of sp³-hybridized carbons (Fsp3) is 0.500. The first-order chi connectivity index (χ1) is 7.66. The van der Waals surface area contributed by atoms with E-state index in [-0.39, 0.29) is 0 Å². The topological polar surface area (TPSA) is 44.5 Å². The molecule has 0 radical (unpaired) electrons. The Kier molecular flexibility index (Phi) is 3.31. The molecule has 1 saturated heterocycles. The van der Waals surface area contributed by atoms with Crippen molar-refractivity contribution in [3.8, 4) is 0 Å². The summed E-state index contributed by atoms with van der Waals surface area (Å²) in [6, 6.07) is 6.09. The van der Waals surface area contributed by atoms with Crippen molar-refractivity contribution < 1.29 is 0 Å². The molecule has 0 aromatic heterocycles. The quantitative estimate of drug-likeness (QED) is 0.734. The Hall–Kier alpha value is -1.26. The first-order valence-electron chi connectivity index (χ1n) is 5.72. The van der Waals surface area contributed by atoms with Crippen LogP contribution in [0.15, 0.2) is 18.2 Å². The van der Waals surface area contributed by atoms with Gasteiger partial charge in [0.15, 0.2) is 0 Å². The lowest BCUT2D eigenvalue weighted by Crippen LogP contribution is -2.47. The second kappa shape index (κ2) is 4.72. The molecular formula is C12H20N4. The minimum absolute atomic E-state index is 0.849. The number of hydrogen-bond donors (Lipinski definition) is 2. The van der Waals surface area contributed by atoms with Crippen LogP contribution in [0.4, 0.5) is 11.4 Å². The van der Waals surface area contributed by atoms with Gasteiger partial charge in [0.2, 0.25) is 0 Å². The lowest BCUT2D eigenvalue weighted by atomic mass is 10.2. The van der Waals surface area contributed by atoms with E-state index in [9.17, 15) is 0 Å². The molecule has 1 heterocycles. The van der Waals surface area contributed by atoms with Gasteiger partial charge in [-0.1, -0.05) is 12.1 Å². The molecule has 4 heteroatoms. The maximum atomic E-state index is 6.03. The molecule has 16 heavy (non-hydrogen) atoms. The summed E-state index contributed by atoms with van der Waals surface area (Å²) >= 11 is 0. The van der Waals surface area contributed by atoms with Crippen LogP contribution in [0.1, 0.15) is 5.56 Å². The fourth-order valence-corrected chi connectivity index (χ4v) is 1.87. The zero-order chi connectivity index (χ0) is 11.5. The summed E-state index contributed by atoms with van der Waals surface area (Å²) in [5.41, 5.74) is 12.4. The highest BCUT2D eigenvalue weighted by molar-refractivity contribution is 5.69. The van der Waals surface area contributed by atoms with Crippen LogP contribution in [0.5, 0.6) is 0 Å². The Labute approximate surface area is 97.0 Å². The molecule has 1 aromatic carbocycles. The number of likely N-dealkylation sites (N-methyl/N-ethyl adjacent to an activating group) is 1. The van der Waals surface area contributed by atoms with Crippen LogP contribution in [-0.4, -0.2) is 43.1 Å². The summed E-state index contributed by atoms with van der Waals surface area (Å²) in [7, 11) is 2.15. The smallest absolute Gasteiger partial charge is 0.0722 e. The second-order valence-electron chi connectivity index (χ2n) is 4.44. The lowest BCUT2D eigenvalue weighted by molar-refractivity contribution is 0.179. The molecule has 0 spiro atoms. The number of para-hydroxylation sites is 1. The Morgan fingerprint density at radius 3 is 2.56 bits per heavy atom. The second-order valence-corrected chi connectivity index (χ2v) is 4.44. The standard InChI is InChI=1S/C12H20N4/c1-10-4-3-5-11(12(10)13)14-16-8-6-15(2)7-9-16/h3-5,14H,6-9,13H2,1-2H3. The number of nitrogens with zero attached hydrogens (tertiary/aromatic N) is 2. The fourth-order valence-electron chi connectivity index (χ4n) is 1.87. The van der Waals surface area contributed by atoms with E-state index in [0.717, 1.165) is 43.1 Å². The van der Waals surface area contributed by atoms with Gasteiger partial charge in [-0.2, -0.15) is 0 Å². The molecule has 2 rings (SSSR count).